The van der Waals surface area contributed by atoms with Crippen LogP contribution in [0, 0.1) is 18.3 Å². The van der Waals surface area contributed by atoms with E-state index in [9.17, 15) is 9.59 Å². The number of aliphatic hydroxyl groups is 1. The number of rotatable bonds is 11. The van der Waals surface area contributed by atoms with Gasteiger partial charge >= 0.3 is 5.69 Å². The monoisotopic (exact) mass is 532 g/mol. The molecule has 0 aromatic carbocycles. The van der Waals surface area contributed by atoms with Gasteiger partial charge in [-0.2, -0.15) is 5.26 Å². The van der Waals surface area contributed by atoms with Gasteiger partial charge in [-0.15, -0.1) is 0 Å². The van der Waals surface area contributed by atoms with Crippen LogP contribution in [-0.2, 0) is 13.8 Å². The van der Waals surface area contributed by atoms with E-state index in [-0.39, 0.29) is 44.7 Å². The highest BCUT2D eigenvalue weighted by Crippen LogP contribution is 2.47. The molecule has 2 heterocycles. The lowest BCUT2D eigenvalue weighted by atomic mass is 10.0. The summed E-state index contributed by atoms with van der Waals surface area (Å²) in [5.41, 5.74) is -1.60. The fraction of sp³-hybridized carbons (Fsp3) is 0.792. The molecule has 0 aliphatic carbocycles. The highest BCUT2D eigenvalue weighted by Gasteiger charge is 2.41. The van der Waals surface area contributed by atoms with Crippen molar-refractivity contribution in [3.05, 3.63) is 32.6 Å². The largest absolute Gasteiger partial charge is 0.400 e. The molecule has 11 nitrogen and oxygen atoms in total. The number of nitrogens with zero attached hydrogens (tertiary/aromatic N) is 4. The van der Waals surface area contributed by atoms with Crippen LogP contribution in [0.15, 0.2) is 15.8 Å². The average Bonchev–Trinajstić information content (AvgIpc) is 2.84. The zero-order chi connectivity index (χ0) is 29.0. The Balaban J connectivity index is 0.00000229. The smallest absolute Gasteiger partial charge is 0.330 e. The molecule has 0 bridgehead atoms. The van der Waals surface area contributed by atoms with E-state index in [1.165, 1.54) is 17.9 Å². The van der Waals surface area contributed by atoms with E-state index in [1.54, 1.807) is 6.92 Å². The summed E-state index contributed by atoms with van der Waals surface area (Å²) in [4.78, 5) is 29.0. The minimum absolute atomic E-state index is 0.0848. The van der Waals surface area contributed by atoms with E-state index in [2.05, 4.69) is 67.3 Å². The van der Waals surface area contributed by atoms with Crippen LogP contribution < -0.4 is 11.2 Å². The number of aromatic amines is 1. The topological polar surface area (TPSA) is 133 Å². The van der Waals surface area contributed by atoms with Crippen molar-refractivity contribution >= 4 is 8.53 Å². The van der Waals surface area contributed by atoms with E-state index >= 15 is 0 Å². The second-order valence-corrected chi connectivity index (χ2v) is 11.0. The zero-order valence-corrected chi connectivity index (χ0v) is 23.7. The van der Waals surface area contributed by atoms with E-state index in [4.69, 9.17) is 21.8 Å². The highest BCUT2D eigenvalue weighted by atomic mass is 31.2. The minimum Gasteiger partial charge on any atom is -0.400 e. The number of aryl methyl sites for hydroxylation is 1. The van der Waals surface area contributed by atoms with Crippen LogP contribution in [0.4, 0.5) is 0 Å². The first-order valence-electron chi connectivity index (χ1n) is 13.2. The van der Waals surface area contributed by atoms with Gasteiger partial charge in [0.2, 0.25) is 1.43 Å². The first-order chi connectivity index (χ1) is 17.9. The Bertz CT molecular complexity index is 994. The number of morpholine rings is 1. The fourth-order valence-electron chi connectivity index (χ4n) is 3.90. The average molecular weight is 533 g/mol. The van der Waals surface area contributed by atoms with Gasteiger partial charge < -0.3 is 18.9 Å². The van der Waals surface area contributed by atoms with Crippen molar-refractivity contribution in [3.63, 3.8) is 0 Å². The summed E-state index contributed by atoms with van der Waals surface area (Å²) < 4.78 is 36.3. The number of ether oxygens (including phenoxy) is 1. The first kappa shape index (κ1) is 28.9. The minimum atomic E-state index is -1.51. The molecule has 1 fully saturated rings. The van der Waals surface area contributed by atoms with Gasteiger partial charge in [-0.05, 0) is 55.4 Å². The second kappa shape index (κ2) is 14.9. The molecule has 1 aromatic rings. The van der Waals surface area contributed by atoms with Crippen LogP contribution in [0.25, 0.3) is 0 Å². The Morgan fingerprint density at radius 3 is 2.56 bits per heavy atom. The molecule has 1 aliphatic heterocycles. The SMILES string of the molecule is [2H]C[C@@]1(COP(OCCC#N)N(C(C)C)C(C)C)CN(C(C)C)C[C@H](n2cc(C)c(=O)[nH]c2=O)O1.[3H]OC. The number of hydrogen-bond donors (Lipinski definition) is 2. The van der Waals surface area contributed by atoms with Crippen molar-refractivity contribution in [1.29, 1.82) is 6.69 Å². The lowest BCUT2D eigenvalue weighted by molar-refractivity contribution is -0.194. The lowest BCUT2D eigenvalue weighted by Gasteiger charge is -2.47. The van der Waals surface area contributed by atoms with Crippen molar-refractivity contribution in [2.24, 2.45) is 0 Å². The first-order valence-corrected chi connectivity index (χ1v) is 13.2. The molecule has 1 unspecified atom stereocenters. The summed E-state index contributed by atoms with van der Waals surface area (Å²) in [5.74, 6) is 0. The number of hydrogen-bond acceptors (Lipinski definition) is 9. The molecule has 2 N–H and O–H groups in total. The maximum Gasteiger partial charge on any atom is 0.330 e. The van der Waals surface area contributed by atoms with Crippen molar-refractivity contribution in [1.82, 2.24) is 19.1 Å². The van der Waals surface area contributed by atoms with Crippen LogP contribution in [0.5, 0.6) is 0 Å². The van der Waals surface area contributed by atoms with Gasteiger partial charge in [0.25, 0.3) is 14.1 Å². The Kier molecular flexibility index (Phi) is 12.0. The summed E-state index contributed by atoms with van der Waals surface area (Å²) in [6, 6.07) is 2.52. The zero-order valence-electron chi connectivity index (χ0n) is 24.8. The second-order valence-electron chi connectivity index (χ2n) is 9.58. The number of H-pyrrole nitrogens is 1. The molecule has 0 spiro atoms. The van der Waals surface area contributed by atoms with E-state index in [0.717, 1.165) is 0 Å². The molecular formula is C24H44N5O6P. The number of nitriles is 1. The summed E-state index contributed by atoms with van der Waals surface area (Å²) in [6.45, 7) is 15.1. The van der Waals surface area contributed by atoms with Crippen LogP contribution in [0.1, 0.15) is 68.0 Å². The fourth-order valence-corrected chi connectivity index (χ4v) is 5.59. The molecule has 1 aliphatic rings. The molecular weight excluding hydrogens is 485 g/mol. The number of aliphatic hydroxyl groups excluding tert-OH is 1. The standard InChI is InChI=1S/C23H40N5O5P.CH4O/c1-16(2)26-13-20(27-12-19(7)21(29)25-22(27)30)33-23(8,14-26)15-32-34(31-11-9-10-24)28(17(3)4)18(5)6;1-2/h12,16-18,20H,9,11,13-15H2,1-8H3,(H,25,29,30);2H,1H3/t20-,23+,34?;/m1./s1/i8D;2T. The highest BCUT2D eigenvalue weighted by molar-refractivity contribution is 7.44. The molecule has 0 radical (unpaired) electrons. The Morgan fingerprint density at radius 2 is 2.03 bits per heavy atom. The summed E-state index contributed by atoms with van der Waals surface area (Å²) in [5, 5.41) is 12.4. The Labute approximate surface area is 218 Å². The van der Waals surface area contributed by atoms with E-state index in [1.807, 2.05) is 0 Å². The third-order valence-electron chi connectivity index (χ3n) is 5.55. The lowest BCUT2D eigenvalue weighted by Crippen LogP contribution is -2.57. The van der Waals surface area contributed by atoms with E-state index in [0.29, 0.717) is 18.7 Å². The summed E-state index contributed by atoms with van der Waals surface area (Å²) in [7, 11) is -0.215. The van der Waals surface area contributed by atoms with Gasteiger partial charge in [-0.3, -0.25) is 19.2 Å². The number of nitrogens with one attached hydrogen (secondary N) is 1. The maximum atomic E-state index is 12.6. The molecule has 206 valence electrons. The third-order valence-corrected chi connectivity index (χ3v) is 7.61. The molecule has 3 atom stereocenters. The number of aromatic nitrogens is 2. The molecule has 0 amide bonds. The normalized spacial score (nSPS) is 22.2. The Morgan fingerprint density at radius 1 is 1.39 bits per heavy atom. The van der Waals surface area contributed by atoms with Gasteiger partial charge in [0.15, 0.2) is 6.23 Å². The third kappa shape index (κ3) is 9.03. The molecule has 1 saturated heterocycles. The van der Waals surface area contributed by atoms with Crippen LogP contribution in [0.3, 0.4) is 0 Å². The van der Waals surface area contributed by atoms with Gasteiger partial charge in [-0.1, -0.05) is 0 Å². The Hall–Kier alpha value is -1.64. The summed E-state index contributed by atoms with van der Waals surface area (Å²) >= 11 is 0. The van der Waals surface area contributed by atoms with Gasteiger partial charge in [0.05, 0.1) is 25.7 Å². The maximum absolute atomic E-state index is 12.6. The van der Waals surface area contributed by atoms with Gasteiger partial charge in [0.1, 0.15) is 5.60 Å². The van der Waals surface area contributed by atoms with Crippen molar-refractivity contribution in [2.75, 3.05) is 33.4 Å². The molecule has 2 rings (SSSR count). The van der Waals surface area contributed by atoms with Gasteiger partial charge in [0, 0.05) is 51.5 Å². The van der Waals surface area contributed by atoms with Crippen LogP contribution >= 0.6 is 8.53 Å². The quantitative estimate of drug-likeness (QED) is 0.326. The predicted molar refractivity (Wildman–Crippen MR) is 141 cm³/mol. The van der Waals surface area contributed by atoms with E-state index < -0.39 is 31.6 Å². The van der Waals surface area contributed by atoms with Gasteiger partial charge in [-0.25, -0.2) is 9.46 Å². The molecule has 0 saturated carbocycles. The molecule has 36 heavy (non-hydrogen) atoms. The predicted octanol–water partition coefficient (Wildman–Crippen LogP) is 2.74. The van der Waals surface area contributed by atoms with Crippen molar-refractivity contribution in [3.8, 4) is 6.07 Å². The van der Waals surface area contributed by atoms with Crippen molar-refractivity contribution in [2.45, 2.75) is 91.7 Å². The summed E-state index contributed by atoms with van der Waals surface area (Å²) in [6.07, 6.45) is 1.06. The van der Waals surface area contributed by atoms with Crippen LogP contribution in [0.2, 0.25) is 0 Å². The van der Waals surface area contributed by atoms with Crippen LogP contribution in [-0.4, -0.2) is 82.8 Å². The molecule has 1 aromatic heterocycles. The molecule has 12 heteroatoms. The van der Waals surface area contributed by atoms with Crippen molar-refractivity contribution < 1.29 is 20.3 Å².